The van der Waals surface area contributed by atoms with Crippen molar-refractivity contribution in [2.45, 2.75) is 40.0 Å². The molecule has 0 bridgehead atoms. The number of halogens is 1. The van der Waals surface area contributed by atoms with E-state index in [0.29, 0.717) is 11.8 Å². The van der Waals surface area contributed by atoms with Gasteiger partial charge in [0.25, 0.3) is 0 Å². The molecule has 0 spiro atoms. The highest BCUT2D eigenvalue weighted by atomic mass is 127. The van der Waals surface area contributed by atoms with E-state index in [1.807, 2.05) is 0 Å². The molecule has 1 heterocycles. The molecule has 1 rings (SSSR count). The monoisotopic (exact) mass is 440 g/mol. The molecule has 0 radical (unpaired) electrons. The summed E-state index contributed by atoms with van der Waals surface area (Å²) in [7, 11) is 2.20. The molecule has 0 aromatic heterocycles. The van der Waals surface area contributed by atoms with Gasteiger partial charge in [-0.3, -0.25) is 4.99 Å². The molecular weight excluding hydrogens is 403 g/mol. The summed E-state index contributed by atoms with van der Waals surface area (Å²) in [5.74, 6) is 2.32. The first-order valence-corrected chi connectivity index (χ1v) is 8.90. The summed E-state index contributed by atoms with van der Waals surface area (Å²) in [6, 6.07) is 0. The Hall–Kier alpha value is -0.0800. The molecule has 1 aliphatic rings. The third-order valence-electron chi connectivity index (χ3n) is 3.95. The van der Waals surface area contributed by atoms with Gasteiger partial charge in [0.2, 0.25) is 0 Å². The Balaban J connectivity index is 0.00000484. The molecular formula is C17H37IN4O. The van der Waals surface area contributed by atoms with Crippen LogP contribution < -0.4 is 10.6 Å². The SMILES string of the molecule is CCNC(=NCC1CCCN(C)C1)NCCOCCC(C)C.I. The van der Waals surface area contributed by atoms with Gasteiger partial charge in [0.15, 0.2) is 5.96 Å². The summed E-state index contributed by atoms with van der Waals surface area (Å²) >= 11 is 0. The Kier molecular flexibility index (Phi) is 14.2. The molecule has 1 fully saturated rings. The lowest BCUT2D eigenvalue weighted by Gasteiger charge is -2.28. The maximum absolute atomic E-state index is 5.63. The number of nitrogens with one attached hydrogen (secondary N) is 2. The lowest BCUT2D eigenvalue weighted by molar-refractivity contribution is 0.128. The zero-order valence-electron chi connectivity index (χ0n) is 15.4. The summed E-state index contributed by atoms with van der Waals surface area (Å²) in [6.07, 6.45) is 3.72. The molecule has 0 aromatic carbocycles. The van der Waals surface area contributed by atoms with Crippen molar-refractivity contribution in [2.24, 2.45) is 16.8 Å². The van der Waals surface area contributed by atoms with Crippen LogP contribution in [0.15, 0.2) is 4.99 Å². The molecule has 0 saturated carbocycles. The van der Waals surface area contributed by atoms with Crippen molar-refractivity contribution in [3.05, 3.63) is 0 Å². The quantitative estimate of drug-likeness (QED) is 0.251. The van der Waals surface area contributed by atoms with Crippen molar-refractivity contribution in [1.82, 2.24) is 15.5 Å². The minimum Gasteiger partial charge on any atom is -0.380 e. The molecule has 6 heteroatoms. The van der Waals surface area contributed by atoms with Crippen LogP contribution in [0.2, 0.25) is 0 Å². The molecule has 0 aliphatic carbocycles. The van der Waals surface area contributed by atoms with Crippen molar-refractivity contribution in [3.63, 3.8) is 0 Å². The van der Waals surface area contributed by atoms with Crippen LogP contribution in [0, 0.1) is 11.8 Å². The van der Waals surface area contributed by atoms with Crippen molar-refractivity contribution >= 4 is 29.9 Å². The highest BCUT2D eigenvalue weighted by Gasteiger charge is 2.16. The molecule has 5 nitrogen and oxygen atoms in total. The average molecular weight is 440 g/mol. The Labute approximate surface area is 160 Å². The number of nitrogens with zero attached hydrogens (tertiary/aromatic N) is 2. The lowest BCUT2D eigenvalue weighted by atomic mass is 9.99. The molecule has 1 aliphatic heterocycles. The molecule has 138 valence electrons. The fourth-order valence-electron chi connectivity index (χ4n) is 2.65. The van der Waals surface area contributed by atoms with Gasteiger partial charge in [0.05, 0.1) is 6.61 Å². The van der Waals surface area contributed by atoms with Gasteiger partial charge in [-0.1, -0.05) is 13.8 Å². The zero-order chi connectivity index (χ0) is 16.2. The predicted octanol–water partition coefficient (Wildman–Crippen LogP) is 2.56. The first kappa shape index (κ1) is 22.9. The number of ether oxygens (including phenoxy) is 1. The van der Waals surface area contributed by atoms with Crippen LogP contribution >= 0.6 is 24.0 Å². The number of hydrogen-bond donors (Lipinski definition) is 2. The van der Waals surface area contributed by atoms with Crippen molar-refractivity contribution in [3.8, 4) is 0 Å². The summed E-state index contributed by atoms with van der Waals surface area (Å²) < 4.78 is 5.63. The molecule has 1 saturated heterocycles. The van der Waals surface area contributed by atoms with E-state index in [-0.39, 0.29) is 24.0 Å². The van der Waals surface area contributed by atoms with E-state index < -0.39 is 0 Å². The number of guanidine groups is 1. The van der Waals surface area contributed by atoms with E-state index in [9.17, 15) is 0 Å². The van der Waals surface area contributed by atoms with Gasteiger partial charge in [-0.15, -0.1) is 24.0 Å². The normalized spacial score (nSPS) is 19.5. The van der Waals surface area contributed by atoms with E-state index >= 15 is 0 Å². The molecule has 23 heavy (non-hydrogen) atoms. The second-order valence-corrected chi connectivity index (χ2v) is 6.71. The predicted molar refractivity (Wildman–Crippen MR) is 110 cm³/mol. The number of hydrogen-bond acceptors (Lipinski definition) is 3. The molecule has 0 aromatic rings. The standard InChI is InChI=1S/C17H36N4O.HI/c1-5-18-17(19-9-12-22-11-8-15(2)3)20-13-16-7-6-10-21(4)14-16;/h15-16H,5-14H2,1-4H3,(H2,18,19,20);1H. The fourth-order valence-corrected chi connectivity index (χ4v) is 2.65. The summed E-state index contributed by atoms with van der Waals surface area (Å²) in [4.78, 5) is 7.14. The van der Waals surface area contributed by atoms with Gasteiger partial charge in [0, 0.05) is 32.8 Å². The third kappa shape index (κ3) is 12.0. The van der Waals surface area contributed by atoms with Crippen molar-refractivity contribution < 1.29 is 4.74 Å². The van der Waals surface area contributed by atoms with E-state index in [0.717, 1.165) is 45.2 Å². The largest absolute Gasteiger partial charge is 0.380 e. The summed E-state index contributed by atoms with van der Waals surface area (Å²) in [5, 5.41) is 6.67. The minimum atomic E-state index is 0. The van der Waals surface area contributed by atoms with E-state index in [1.54, 1.807) is 0 Å². The highest BCUT2D eigenvalue weighted by molar-refractivity contribution is 14.0. The van der Waals surface area contributed by atoms with Crippen LogP contribution in [0.1, 0.15) is 40.0 Å². The van der Waals surface area contributed by atoms with Gasteiger partial charge in [-0.25, -0.2) is 0 Å². The smallest absolute Gasteiger partial charge is 0.191 e. The Morgan fingerprint density at radius 2 is 2.09 bits per heavy atom. The van der Waals surface area contributed by atoms with E-state index in [2.05, 4.69) is 43.4 Å². The van der Waals surface area contributed by atoms with Crippen molar-refractivity contribution in [2.75, 3.05) is 53.0 Å². The topological polar surface area (TPSA) is 48.9 Å². The average Bonchev–Trinajstić information content (AvgIpc) is 2.48. The molecule has 1 unspecified atom stereocenters. The Morgan fingerprint density at radius 3 is 2.74 bits per heavy atom. The lowest BCUT2D eigenvalue weighted by Crippen LogP contribution is -2.40. The van der Waals surface area contributed by atoms with Crippen LogP contribution in [-0.4, -0.2) is 63.8 Å². The highest BCUT2D eigenvalue weighted by Crippen LogP contribution is 2.14. The third-order valence-corrected chi connectivity index (χ3v) is 3.95. The van der Waals surface area contributed by atoms with E-state index in [1.165, 1.54) is 25.9 Å². The maximum atomic E-state index is 5.63. The first-order chi connectivity index (χ1) is 10.6. The van der Waals surface area contributed by atoms with Gasteiger partial charge in [-0.2, -0.15) is 0 Å². The van der Waals surface area contributed by atoms with Crippen LogP contribution in [0.4, 0.5) is 0 Å². The van der Waals surface area contributed by atoms with Gasteiger partial charge in [0.1, 0.15) is 0 Å². The van der Waals surface area contributed by atoms with E-state index in [4.69, 9.17) is 9.73 Å². The first-order valence-electron chi connectivity index (χ1n) is 8.90. The van der Waals surface area contributed by atoms with Crippen LogP contribution in [0.25, 0.3) is 0 Å². The van der Waals surface area contributed by atoms with Gasteiger partial charge in [-0.05, 0) is 51.6 Å². The van der Waals surface area contributed by atoms with Crippen LogP contribution in [-0.2, 0) is 4.74 Å². The molecule has 2 N–H and O–H groups in total. The second-order valence-electron chi connectivity index (χ2n) is 6.71. The maximum Gasteiger partial charge on any atom is 0.191 e. The van der Waals surface area contributed by atoms with Crippen LogP contribution in [0.5, 0.6) is 0 Å². The van der Waals surface area contributed by atoms with Crippen LogP contribution in [0.3, 0.4) is 0 Å². The summed E-state index contributed by atoms with van der Waals surface area (Å²) in [5.41, 5.74) is 0. The molecule has 0 amide bonds. The van der Waals surface area contributed by atoms with Gasteiger partial charge >= 0.3 is 0 Å². The Bertz CT molecular complexity index is 313. The Morgan fingerprint density at radius 1 is 1.30 bits per heavy atom. The fraction of sp³-hybridized carbons (Fsp3) is 0.941. The second kappa shape index (κ2) is 14.3. The number of aliphatic imine (C=N–C) groups is 1. The number of likely N-dealkylation sites (tertiary alicyclic amines) is 1. The van der Waals surface area contributed by atoms with Gasteiger partial charge < -0.3 is 20.3 Å². The zero-order valence-corrected chi connectivity index (χ0v) is 17.8. The summed E-state index contributed by atoms with van der Waals surface area (Å²) in [6.45, 7) is 13.1. The molecule has 1 atom stereocenters. The van der Waals surface area contributed by atoms with Crippen molar-refractivity contribution in [1.29, 1.82) is 0 Å². The minimum absolute atomic E-state index is 0. The number of piperidine rings is 1. The number of rotatable bonds is 9.